The minimum absolute atomic E-state index is 0.571. The molecule has 1 atom stereocenters. The number of aliphatic hydroxyl groups excluding tert-OH is 1. The lowest BCUT2D eigenvalue weighted by Gasteiger charge is -1.95. The summed E-state index contributed by atoms with van der Waals surface area (Å²) in [6.45, 7) is 0. The molecule has 0 rings (SSSR count). The average molecular weight is 178 g/mol. The van der Waals surface area contributed by atoms with Gasteiger partial charge in [-0.05, 0) is 12.8 Å². The van der Waals surface area contributed by atoms with Crippen LogP contribution in [0.2, 0.25) is 0 Å². The highest BCUT2D eigenvalue weighted by atomic mass is 79.9. The van der Waals surface area contributed by atoms with Gasteiger partial charge in [-0.2, -0.15) is 5.26 Å². The molecule has 0 saturated carbocycles. The van der Waals surface area contributed by atoms with Gasteiger partial charge in [0.2, 0.25) is 0 Å². The van der Waals surface area contributed by atoms with E-state index in [2.05, 4.69) is 15.9 Å². The van der Waals surface area contributed by atoms with Gasteiger partial charge >= 0.3 is 0 Å². The Kier molecular flexibility index (Phi) is 5.03. The summed E-state index contributed by atoms with van der Waals surface area (Å²) in [7, 11) is 0. The number of halogens is 1. The Balaban J connectivity index is 3.02. The van der Waals surface area contributed by atoms with Crippen molar-refractivity contribution in [1.29, 1.82) is 5.26 Å². The first-order chi connectivity index (χ1) is 3.81. The van der Waals surface area contributed by atoms with E-state index >= 15 is 0 Å². The minimum atomic E-state index is -0.771. The summed E-state index contributed by atoms with van der Waals surface area (Å²) in [6.07, 6.45) is 0.656. The zero-order valence-corrected chi connectivity index (χ0v) is 6.06. The van der Waals surface area contributed by atoms with E-state index in [0.29, 0.717) is 6.42 Å². The van der Waals surface area contributed by atoms with Gasteiger partial charge in [-0.3, -0.25) is 0 Å². The van der Waals surface area contributed by atoms with Crippen molar-refractivity contribution < 1.29 is 5.11 Å². The molecule has 0 aliphatic heterocycles. The SMILES string of the molecule is N#C[C@H](O)CCCBr. The van der Waals surface area contributed by atoms with Crippen LogP contribution in [0, 0.1) is 11.3 Å². The summed E-state index contributed by atoms with van der Waals surface area (Å²) in [5.41, 5.74) is 0. The zero-order chi connectivity index (χ0) is 6.41. The van der Waals surface area contributed by atoms with E-state index in [0.717, 1.165) is 11.8 Å². The molecule has 0 unspecified atom stereocenters. The van der Waals surface area contributed by atoms with Crippen LogP contribution in [-0.4, -0.2) is 16.5 Å². The third-order valence-corrected chi connectivity index (χ3v) is 1.32. The Morgan fingerprint density at radius 2 is 2.38 bits per heavy atom. The zero-order valence-electron chi connectivity index (χ0n) is 4.47. The fourth-order valence-electron chi connectivity index (χ4n) is 0.335. The Morgan fingerprint density at radius 1 is 1.75 bits per heavy atom. The number of rotatable bonds is 3. The van der Waals surface area contributed by atoms with Crippen molar-refractivity contribution >= 4 is 15.9 Å². The molecule has 0 bridgehead atoms. The number of alkyl halides is 1. The van der Waals surface area contributed by atoms with Gasteiger partial charge in [-0.15, -0.1) is 0 Å². The van der Waals surface area contributed by atoms with Crippen LogP contribution >= 0.6 is 15.9 Å². The number of hydrogen-bond acceptors (Lipinski definition) is 2. The maximum atomic E-state index is 8.61. The molecule has 3 heteroatoms. The molecule has 0 aromatic heterocycles. The second-order valence-corrected chi connectivity index (χ2v) is 2.27. The third kappa shape index (κ3) is 4.10. The number of nitrogens with zero attached hydrogens (tertiary/aromatic N) is 1. The first kappa shape index (κ1) is 7.93. The highest BCUT2D eigenvalue weighted by molar-refractivity contribution is 9.09. The van der Waals surface area contributed by atoms with Crippen LogP contribution in [0.25, 0.3) is 0 Å². The highest BCUT2D eigenvalue weighted by Gasteiger charge is 1.97. The van der Waals surface area contributed by atoms with E-state index in [4.69, 9.17) is 10.4 Å². The Labute approximate surface area is 57.3 Å². The standard InChI is InChI=1S/C5H8BrNO/c6-3-1-2-5(8)4-7/h5,8H,1-3H2/t5-/m1/s1. The molecule has 0 amide bonds. The van der Waals surface area contributed by atoms with Crippen LogP contribution < -0.4 is 0 Å². The van der Waals surface area contributed by atoms with Gasteiger partial charge < -0.3 is 5.11 Å². The molecular formula is C5H8BrNO. The highest BCUT2D eigenvalue weighted by Crippen LogP contribution is 1.97. The molecule has 0 aliphatic carbocycles. The van der Waals surface area contributed by atoms with Crippen LogP contribution in [0.4, 0.5) is 0 Å². The maximum Gasteiger partial charge on any atom is 0.140 e. The molecule has 1 N–H and O–H groups in total. The molecule has 0 heterocycles. The molecule has 8 heavy (non-hydrogen) atoms. The van der Waals surface area contributed by atoms with Crippen molar-refractivity contribution in [2.75, 3.05) is 5.33 Å². The summed E-state index contributed by atoms with van der Waals surface area (Å²) in [5, 5.41) is 17.5. The Bertz CT molecular complexity index is 88.9. The van der Waals surface area contributed by atoms with Gasteiger partial charge in [0.05, 0.1) is 6.07 Å². The van der Waals surface area contributed by atoms with E-state index in [1.54, 1.807) is 6.07 Å². The second-order valence-electron chi connectivity index (χ2n) is 1.48. The molecule has 46 valence electrons. The van der Waals surface area contributed by atoms with Gasteiger partial charge in [0, 0.05) is 5.33 Å². The predicted molar refractivity (Wildman–Crippen MR) is 34.6 cm³/mol. The van der Waals surface area contributed by atoms with Crippen LogP contribution in [-0.2, 0) is 0 Å². The van der Waals surface area contributed by atoms with Crippen LogP contribution in [0.15, 0.2) is 0 Å². The lowest BCUT2D eigenvalue weighted by Crippen LogP contribution is -2.01. The molecule has 0 aromatic rings. The van der Waals surface area contributed by atoms with Gasteiger partial charge in [-0.25, -0.2) is 0 Å². The minimum Gasteiger partial charge on any atom is -0.378 e. The van der Waals surface area contributed by atoms with Crippen molar-refractivity contribution in [3.63, 3.8) is 0 Å². The van der Waals surface area contributed by atoms with Crippen LogP contribution in [0.1, 0.15) is 12.8 Å². The molecule has 0 spiro atoms. The van der Waals surface area contributed by atoms with Gasteiger partial charge in [0.1, 0.15) is 6.10 Å². The van der Waals surface area contributed by atoms with Gasteiger partial charge in [-0.1, -0.05) is 15.9 Å². The summed E-state index contributed by atoms with van der Waals surface area (Å²) < 4.78 is 0. The predicted octanol–water partition coefficient (Wildman–Crippen LogP) is 1.05. The average Bonchev–Trinajstić information content (AvgIpc) is 1.83. The summed E-state index contributed by atoms with van der Waals surface area (Å²) in [5.74, 6) is 0. The monoisotopic (exact) mass is 177 g/mol. The number of hydrogen-bond donors (Lipinski definition) is 1. The fraction of sp³-hybridized carbons (Fsp3) is 0.800. The molecule has 0 aliphatic rings. The Morgan fingerprint density at radius 3 is 2.75 bits per heavy atom. The summed E-state index contributed by atoms with van der Waals surface area (Å²) in [4.78, 5) is 0. The largest absolute Gasteiger partial charge is 0.378 e. The van der Waals surface area contributed by atoms with E-state index < -0.39 is 6.10 Å². The van der Waals surface area contributed by atoms with Crippen molar-refractivity contribution in [2.24, 2.45) is 0 Å². The first-order valence-corrected chi connectivity index (χ1v) is 3.57. The van der Waals surface area contributed by atoms with Crippen LogP contribution in [0.3, 0.4) is 0 Å². The fourth-order valence-corrected chi connectivity index (χ4v) is 0.659. The van der Waals surface area contributed by atoms with Gasteiger partial charge in [0.15, 0.2) is 0 Å². The second kappa shape index (κ2) is 5.07. The summed E-state index contributed by atoms with van der Waals surface area (Å²) in [6, 6.07) is 1.73. The van der Waals surface area contributed by atoms with Crippen molar-refractivity contribution in [3.8, 4) is 6.07 Å². The Hall–Kier alpha value is -0.0700. The van der Waals surface area contributed by atoms with E-state index in [9.17, 15) is 0 Å². The van der Waals surface area contributed by atoms with Crippen molar-refractivity contribution in [2.45, 2.75) is 18.9 Å². The molecule has 0 radical (unpaired) electrons. The normalized spacial score (nSPS) is 12.6. The quantitative estimate of drug-likeness (QED) is 0.518. The summed E-state index contributed by atoms with van der Waals surface area (Å²) >= 11 is 3.19. The molecule has 0 fully saturated rings. The topological polar surface area (TPSA) is 44.0 Å². The third-order valence-electron chi connectivity index (χ3n) is 0.760. The number of nitriles is 1. The van der Waals surface area contributed by atoms with Gasteiger partial charge in [0.25, 0.3) is 0 Å². The maximum absolute atomic E-state index is 8.61. The molecule has 2 nitrogen and oxygen atoms in total. The van der Waals surface area contributed by atoms with E-state index in [1.807, 2.05) is 0 Å². The van der Waals surface area contributed by atoms with E-state index in [1.165, 1.54) is 0 Å². The number of aliphatic hydroxyl groups is 1. The van der Waals surface area contributed by atoms with Crippen LogP contribution in [0.5, 0.6) is 0 Å². The lowest BCUT2D eigenvalue weighted by atomic mass is 10.2. The van der Waals surface area contributed by atoms with Crippen molar-refractivity contribution in [1.82, 2.24) is 0 Å². The van der Waals surface area contributed by atoms with Crippen molar-refractivity contribution in [3.05, 3.63) is 0 Å². The van der Waals surface area contributed by atoms with E-state index in [-0.39, 0.29) is 0 Å². The first-order valence-electron chi connectivity index (χ1n) is 2.45. The molecular weight excluding hydrogens is 170 g/mol. The lowest BCUT2D eigenvalue weighted by molar-refractivity contribution is 0.219. The molecule has 0 saturated heterocycles. The smallest absolute Gasteiger partial charge is 0.140 e. The molecule has 0 aromatic carbocycles.